The van der Waals surface area contributed by atoms with Crippen molar-refractivity contribution in [1.29, 1.82) is 0 Å². The van der Waals surface area contributed by atoms with E-state index in [2.05, 4.69) is 4.43 Å². The molecule has 0 aromatic rings. The van der Waals surface area contributed by atoms with Crippen LogP contribution in [0.15, 0.2) is 0 Å². The summed E-state index contributed by atoms with van der Waals surface area (Å²) < 4.78 is 4.59. The number of unbranched alkanes of at least 4 members (excludes halogenated alkanes) is 3. The zero-order valence-corrected chi connectivity index (χ0v) is 12.1. The fourth-order valence-corrected chi connectivity index (χ4v) is 3.48. The van der Waals surface area contributed by atoms with E-state index in [1.54, 1.807) is 6.92 Å². The smallest absolute Gasteiger partial charge is 0.411 e. The van der Waals surface area contributed by atoms with E-state index in [4.69, 9.17) is 0 Å². The van der Waals surface area contributed by atoms with Gasteiger partial charge in [-0.25, -0.2) is 0 Å². The van der Waals surface area contributed by atoms with Crippen LogP contribution in [0.1, 0.15) is 32.6 Å². The lowest BCUT2D eigenvalue weighted by atomic mass is 10.2. The Hall–Kier alpha value is 0.234. The lowest BCUT2D eigenvalue weighted by molar-refractivity contribution is 0.183. The van der Waals surface area contributed by atoms with Crippen molar-refractivity contribution in [3.63, 3.8) is 0 Å². The molecule has 4 N–H and O–H groups in total. The summed E-state index contributed by atoms with van der Waals surface area (Å²) in [5.74, 6) is 0. The first-order valence-corrected chi connectivity index (χ1v) is 10.1. The van der Waals surface area contributed by atoms with Gasteiger partial charge in [-0.05, 0) is 18.5 Å². The molecule has 0 radical (unpaired) electrons. The van der Waals surface area contributed by atoms with Gasteiger partial charge in [-0.2, -0.15) is 0 Å². The number of hydrogen-bond acceptors (Lipinski definition) is 5. The summed E-state index contributed by atoms with van der Waals surface area (Å²) >= 11 is 0. The van der Waals surface area contributed by atoms with Gasteiger partial charge in [0.1, 0.15) is 0 Å². The summed E-state index contributed by atoms with van der Waals surface area (Å²) in [6.07, 6.45) is 3.27. The fraction of sp³-hybridized carbons (Fsp3) is 1.00. The zero-order valence-electron chi connectivity index (χ0n) is 10.1. The minimum atomic E-state index is -3.37. The zero-order chi connectivity index (χ0) is 12.7. The molecule has 0 fully saturated rings. The molecule has 0 spiro atoms. The van der Waals surface area contributed by atoms with Gasteiger partial charge < -0.3 is 23.6 Å². The van der Waals surface area contributed by atoms with Gasteiger partial charge in [-0.15, -0.1) is 0 Å². The monoisotopic (exact) mass is 268 g/mol. The minimum absolute atomic E-state index is 0.318. The second-order valence-corrected chi connectivity index (χ2v) is 9.76. The summed E-state index contributed by atoms with van der Waals surface area (Å²) in [7, 11) is -4.96. The largest absolute Gasteiger partial charge is 0.495 e. The van der Waals surface area contributed by atoms with E-state index in [9.17, 15) is 19.2 Å². The Kier molecular flexibility index (Phi) is 7.65. The second-order valence-electron chi connectivity index (χ2n) is 4.20. The highest BCUT2D eigenvalue weighted by Gasteiger charge is 2.29. The van der Waals surface area contributed by atoms with Crippen molar-refractivity contribution in [2.75, 3.05) is 7.11 Å². The van der Waals surface area contributed by atoms with Crippen molar-refractivity contribution in [1.82, 2.24) is 0 Å². The molecule has 0 aliphatic carbocycles. The van der Waals surface area contributed by atoms with Gasteiger partial charge in [-0.1, -0.05) is 26.2 Å². The van der Waals surface area contributed by atoms with Crippen LogP contribution in [-0.2, 0) is 4.43 Å². The minimum Gasteiger partial charge on any atom is -0.411 e. The van der Waals surface area contributed by atoms with Gasteiger partial charge in [0, 0.05) is 13.2 Å². The Labute approximate surface area is 99.3 Å². The number of rotatable bonds is 9. The van der Waals surface area contributed by atoms with Crippen molar-refractivity contribution < 1.29 is 23.6 Å². The van der Waals surface area contributed by atoms with E-state index >= 15 is 0 Å². The quantitative estimate of drug-likeness (QED) is 0.362. The van der Waals surface area contributed by atoms with Crippen LogP contribution >= 0.6 is 0 Å². The highest BCUT2D eigenvalue weighted by Crippen LogP contribution is 2.16. The molecular formula is C9H24O5Si2. The van der Waals surface area contributed by atoms with Crippen molar-refractivity contribution in [2.24, 2.45) is 0 Å². The van der Waals surface area contributed by atoms with Crippen LogP contribution in [0.5, 0.6) is 0 Å². The maximum atomic E-state index is 9.45. The normalized spacial score (nSPS) is 13.1. The molecule has 7 heteroatoms. The topological polar surface area (TPSA) is 90.2 Å². The molecule has 0 rings (SSSR count). The van der Waals surface area contributed by atoms with E-state index in [0.717, 1.165) is 19.3 Å². The molecule has 0 aromatic carbocycles. The first-order valence-electron chi connectivity index (χ1n) is 5.77. The SMILES string of the molecule is CC[Si](O)(O)CCCCCC[Si](O)(O)OC. The Bertz CT molecular complexity index is 167. The lowest BCUT2D eigenvalue weighted by Gasteiger charge is -2.16. The third-order valence-corrected chi connectivity index (χ3v) is 6.67. The van der Waals surface area contributed by atoms with E-state index in [0.29, 0.717) is 24.6 Å². The first kappa shape index (κ1) is 16.2. The summed E-state index contributed by atoms with van der Waals surface area (Å²) in [6, 6.07) is 1.30. The molecule has 98 valence electrons. The lowest BCUT2D eigenvalue weighted by Crippen LogP contribution is -2.37. The fourth-order valence-electron chi connectivity index (χ4n) is 1.40. The first-order chi connectivity index (χ1) is 7.33. The molecule has 0 saturated heterocycles. The average Bonchev–Trinajstić information content (AvgIpc) is 2.23. The molecule has 0 unspecified atom stereocenters. The molecule has 16 heavy (non-hydrogen) atoms. The van der Waals surface area contributed by atoms with Gasteiger partial charge in [0.25, 0.3) is 0 Å². The standard InChI is InChI=1S/C9H24O5Si2/c1-3-15(10,11)8-6-4-5-7-9-16(12,13)14-2/h10-13H,3-9H2,1-2H3. The van der Waals surface area contributed by atoms with Gasteiger partial charge in [0.15, 0.2) is 0 Å². The molecule has 0 aliphatic heterocycles. The van der Waals surface area contributed by atoms with Crippen LogP contribution in [-0.4, -0.2) is 43.7 Å². The maximum absolute atomic E-state index is 9.45. The molecule has 0 heterocycles. The van der Waals surface area contributed by atoms with Gasteiger partial charge >= 0.3 is 17.4 Å². The average molecular weight is 268 g/mol. The molecule has 0 bridgehead atoms. The van der Waals surface area contributed by atoms with Crippen LogP contribution in [0.2, 0.25) is 18.1 Å². The molecule has 0 saturated carbocycles. The Morgan fingerprint density at radius 3 is 1.81 bits per heavy atom. The molecular weight excluding hydrogens is 244 g/mol. The molecule has 0 aromatic heterocycles. The molecule has 0 aliphatic rings. The third kappa shape index (κ3) is 8.39. The van der Waals surface area contributed by atoms with Crippen LogP contribution in [0.3, 0.4) is 0 Å². The highest BCUT2D eigenvalue weighted by atomic mass is 28.4. The number of hydrogen-bond donors (Lipinski definition) is 4. The van der Waals surface area contributed by atoms with Crippen molar-refractivity contribution >= 4 is 17.4 Å². The van der Waals surface area contributed by atoms with Gasteiger partial charge in [0.05, 0.1) is 0 Å². The summed E-state index contributed by atoms with van der Waals surface area (Å²) in [6.45, 7) is 1.79. The summed E-state index contributed by atoms with van der Waals surface area (Å²) in [5.41, 5.74) is 0. The van der Waals surface area contributed by atoms with Crippen LogP contribution < -0.4 is 0 Å². The Morgan fingerprint density at radius 2 is 1.38 bits per heavy atom. The summed E-state index contributed by atoms with van der Waals surface area (Å²) in [4.78, 5) is 37.4. The molecule has 5 nitrogen and oxygen atoms in total. The highest BCUT2D eigenvalue weighted by molar-refractivity contribution is 6.64. The molecule has 0 amide bonds. The van der Waals surface area contributed by atoms with Gasteiger partial charge in [-0.3, -0.25) is 0 Å². The second kappa shape index (κ2) is 7.54. The maximum Gasteiger partial charge on any atom is 0.495 e. The van der Waals surface area contributed by atoms with E-state index in [1.165, 1.54) is 7.11 Å². The van der Waals surface area contributed by atoms with Crippen LogP contribution in [0.4, 0.5) is 0 Å². The van der Waals surface area contributed by atoms with E-state index in [1.807, 2.05) is 0 Å². The van der Waals surface area contributed by atoms with Crippen molar-refractivity contribution in [3.05, 3.63) is 0 Å². The Morgan fingerprint density at radius 1 is 0.875 bits per heavy atom. The van der Waals surface area contributed by atoms with Crippen LogP contribution in [0, 0.1) is 0 Å². The Balaban J connectivity index is 3.42. The molecule has 0 atom stereocenters. The predicted molar refractivity (Wildman–Crippen MR) is 66.0 cm³/mol. The van der Waals surface area contributed by atoms with Crippen molar-refractivity contribution in [2.45, 2.75) is 50.7 Å². The predicted octanol–water partition coefficient (Wildman–Crippen LogP) is 0.563. The van der Waals surface area contributed by atoms with Crippen molar-refractivity contribution in [3.8, 4) is 0 Å². The summed E-state index contributed by atoms with van der Waals surface area (Å²) in [5, 5.41) is 0. The van der Waals surface area contributed by atoms with E-state index < -0.39 is 17.4 Å². The van der Waals surface area contributed by atoms with E-state index in [-0.39, 0.29) is 0 Å². The third-order valence-electron chi connectivity index (χ3n) is 2.72. The van der Waals surface area contributed by atoms with Gasteiger partial charge in [0.2, 0.25) is 0 Å². The van der Waals surface area contributed by atoms with Crippen LogP contribution in [0.25, 0.3) is 0 Å².